The second-order valence-corrected chi connectivity index (χ2v) is 14.2. The number of allylic oxidation sites excluding steroid dienone is 1. The largest absolute Gasteiger partial charge is 0.339 e. The van der Waals surface area contributed by atoms with Crippen LogP contribution in [0, 0.1) is 5.92 Å². The second-order valence-electron chi connectivity index (χ2n) is 12.4. The number of ketones is 1. The minimum absolute atomic E-state index is 0.00909. The maximum absolute atomic E-state index is 13.2. The first-order chi connectivity index (χ1) is 23.2. The van der Waals surface area contributed by atoms with Gasteiger partial charge in [0, 0.05) is 60.7 Å². The summed E-state index contributed by atoms with van der Waals surface area (Å²) in [6, 6.07) is 21.2. The molecule has 4 heterocycles. The highest BCUT2D eigenvalue weighted by molar-refractivity contribution is 7.90. The van der Waals surface area contributed by atoms with Crippen LogP contribution in [-0.2, 0) is 27.7 Å². The first-order valence-corrected chi connectivity index (χ1v) is 17.4. The Morgan fingerprint density at radius 3 is 2.42 bits per heavy atom. The van der Waals surface area contributed by atoms with Crippen LogP contribution in [0.4, 0.5) is 0 Å². The van der Waals surface area contributed by atoms with Gasteiger partial charge >= 0.3 is 0 Å². The number of hydrogen-bond donors (Lipinski definition) is 0. The van der Waals surface area contributed by atoms with Gasteiger partial charge in [-0.3, -0.25) is 9.59 Å². The predicted octanol–water partition coefficient (Wildman–Crippen LogP) is 5.05. The highest BCUT2D eigenvalue weighted by Crippen LogP contribution is 2.27. The number of pyridine rings is 1. The van der Waals surface area contributed by atoms with Crippen molar-refractivity contribution >= 4 is 32.7 Å². The van der Waals surface area contributed by atoms with E-state index in [-0.39, 0.29) is 16.6 Å². The summed E-state index contributed by atoms with van der Waals surface area (Å²) in [6.45, 7) is 2.05. The molecule has 48 heavy (non-hydrogen) atoms. The maximum Gasteiger partial charge on any atom is 0.269 e. The SMILES string of the molecule is CN(C)C/C=C/C(=O)Cc1ccc(C(=O)N2CCC(Cc3cc(-c4cnc5c(ccn5S(=O)(=O)c5ccccc5)c4)ncn3)CC2)cc1. The minimum atomic E-state index is -3.77. The number of aromatic nitrogens is 4. The normalized spacial score (nSPS) is 14.3. The van der Waals surface area contributed by atoms with Gasteiger partial charge in [0.05, 0.1) is 10.6 Å². The molecule has 1 fully saturated rings. The average molecular weight is 663 g/mol. The van der Waals surface area contributed by atoms with Gasteiger partial charge in [0.25, 0.3) is 15.9 Å². The second kappa shape index (κ2) is 14.4. The van der Waals surface area contributed by atoms with Crippen LogP contribution >= 0.6 is 0 Å². The molecule has 11 heteroatoms. The van der Waals surface area contributed by atoms with Gasteiger partial charge < -0.3 is 9.80 Å². The number of benzene rings is 2. The third-order valence-electron chi connectivity index (χ3n) is 8.57. The molecule has 0 unspecified atom stereocenters. The highest BCUT2D eigenvalue weighted by atomic mass is 32.2. The van der Waals surface area contributed by atoms with E-state index in [0.717, 1.165) is 41.8 Å². The molecule has 0 saturated carbocycles. The number of hydrogen-bond acceptors (Lipinski definition) is 8. The third kappa shape index (κ3) is 7.58. The number of amides is 1. The van der Waals surface area contributed by atoms with Gasteiger partial charge in [0.1, 0.15) is 6.33 Å². The fourth-order valence-electron chi connectivity index (χ4n) is 5.95. The topological polar surface area (TPSA) is 118 Å². The average Bonchev–Trinajstić information content (AvgIpc) is 3.53. The lowest BCUT2D eigenvalue weighted by atomic mass is 9.91. The van der Waals surface area contributed by atoms with Crippen molar-refractivity contribution in [2.24, 2.45) is 5.92 Å². The van der Waals surface area contributed by atoms with E-state index in [0.29, 0.717) is 48.6 Å². The molecule has 0 N–H and O–H groups in total. The Hall–Kier alpha value is -5.00. The number of likely N-dealkylation sites (N-methyl/N-ethyl adjacent to an activating group) is 1. The number of piperidine rings is 1. The molecule has 1 amide bonds. The van der Waals surface area contributed by atoms with Gasteiger partial charge in [-0.05, 0) is 93.4 Å². The lowest BCUT2D eigenvalue weighted by Gasteiger charge is -2.32. The van der Waals surface area contributed by atoms with Crippen LogP contribution in [0.3, 0.4) is 0 Å². The Morgan fingerprint density at radius 2 is 1.69 bits per heavy atom. The Balaban J connectivity index is 1.05. The summed E-state index contributed by atoms with van der Waals surface area (Å²) in [5, 5.41) is 0.695. The number of carbonyl (C=O) groups is 2. The number of nitrogens with zero attached hydrogens (tertiary/aromatic N) is 6. The fourth-order valence-corrected chi connectivity index (χ4v) is 7.28. The van der Waals surface area contributed by atoms with Crippen LogP contribution in [0.15, 0.2) is 109 Å². The highest BCUT2D eigenvalue weighted by Gasteiger charge is 2.25. The van der Waals surface area contributed by atoms with Gasteiger partial charge in [0.15, 0.2) is 11.4 Å². The van der Waals surface area contributed by atoms with Gasteiger partial charge in [-0.2, -0.15) is 0 Å². The molecule has 0 atom stereocenters. The molecule has 1 aliphatic rings. The Labute approximate surface area is 280 Å². The maximum atomic E-state index is 13.2. The van der Waals surface area contributed by atoms with Crippen molar-refractivity contribution in [3.8, 4) is 11.3 Å². The van der Waals surface area contributed by atoms with Crippen molar-refractivity contribution < 1.29 is 18.0 Å². The molecule has 0 radical (unpaired) electrons. The van der Waals surface area contributed by atoms with Crippen molar-refractivity contribution in [2.75, 3.05) is 33.7 Å². The summed E-state index contributed by atoms with van der Waals surface area (Å²) in [7, 11) is 0.136. The van der Waals surface area contributed by atoms with Crippen molar-refractivity contribution in [1.82, 2.24) is 28.7 Å². The van der Waals surface area contributed by atoms with E-state index < -0.39 is 10.0 Å². The van der Waals surface area contributed by atoms with Crippen LogP contribution in [-0.4, -0.2) is 82.6 Å². The summed E-state index contributed by atoms with van der Waals surface area (Å²) in [5.41, 5.74) is 4.28. The van der Waals surface area contributed by atoms with Gasteiger partial charge in [-0.25, -0.2) is 27.3 Å². The van der Waals surface area contributed by atoms with Crippen molar-refractivity contribution in [2.45, 2.75) is 30.6 Å². The number of rotatable bonds is 11. The molecule has 2 aromatic carbocycles. The van der Waals surface area contributed by atoms with E-state index in [1.165, 1.54) is 10.2 Å². The summed E-state index contributed by atoms with van der Waals surface area (Å²) in [6.07, 6.45) is 11.0. The van der Waals surface area contributed by atoms with E-state index in [2.05, 4.69) is 15.0 Å². The van der Waals surface area contributed by atoms with Gasteiger partial charge in [-0.1, -0.05) is 36.4 Å². The molecule has 0 bridgehead atoms. The van der Waals surface area contributed by atoms with Gasteiger partial charge in [-0.15, -0.1) is 0 Å². The summed E-state index contributed by atoms with van der Waals surface area (Å²) < 4.78 is 27.6. The van der Waals surface area contributed by atoms with Crippen LogP contribution in [0.1, 0.15) is 34.5 Å². The molecule has 3 aromatic heterocycles. The van der Waals surface area contributed by atoms with E-state index in [9.17, 15) is 18.0 Å². The first-order valence-electron chi connectivity index (χ1n) is 16.0. The third-order valence-corrected chi connectivity index (χ3v) is 10.2. The van der Waals surface area contributed by atoms with Crippen LogP contribution in [0.2, 0.25) is 0 Å². The number of likely N-dealkylation sites (tertiary alicyclic amines) is 1. The van der Waals surface area contributed by atoms with Crippen LogP contribution < -0.4 is 0 Å². The van der Waals surface area contributed by atoms with E-state index in [1.54, 1.807) is 55.0 Å². The van der Waals surface area contributed by atoms with E-state index in [4.69, 9.17) is 0 Å². The Bertz CT molecular complexity index is 2050. The molecule has 6 rings (SSSR count). The lowest BCUT2D eigenvalue weighted by molar-refractivity contribution is -0.114. The van der Waals surface area contributed by atoms with Crippen LogP contribution in [0.5, 0.6) is 0 Å². The van der Waals surface area contributed by atoms with E-state index >= 15 is 0 Å². The Kier molecular flexibility index (Phi) is 9.88. The molecule has 5 aromatic rings. The number of carbonyl (C=O) groups excluding carboxylic acids is 2. The molecular weight excluding hydrogens is 625 g/mol. The van der Waals surface area contributed by atoms with Gasteiger partial charge in [0.2, 0.25) is 0 Å². The quantitative estimate of drug-likeness (QED) is 0.180. The summed E-state index contributed by atoms with van der Waals surface area (Å²) >= 11 is 0. The zero-order valence-corrected chi connectivity index (χ0v) is 27.9. The first kappa shape index (κ1) is 32.9. The van der Waals surface area contributed by atoms with Crippen LogP contribution in [0.25, 0.3) is 22.3 Å². The van der Waals surface area contributed by atoms with Crippen molar-refractivity contribution in [1.29, 1.82) is 0 Å². The molecular formula is C37H38N6O4S. The van der Waals surface area contributed by atoms with Crippen molar-refractivity contribution in [3.05, 3.63) is 120 Å². The zero-order chi connectivity index (χ0) is 33.7. The molecule has 0 spiro atoms. The summed E-state index contributed by atoms with van der Waals surface area (Å²) in [4.78, 5) is 43.0. The Morgan fingerprint density at radius 1 is 0.938 bits per heavy atom. The standard InChI is InChI=1S/C37H38N6O4S/c1-41(2)17-6-7-33(44)22-27-10-12-29(13-11-27)37(45)42-18-14-28(15-19-42)21-32-24-35(40-26-39-32)31-23-30-16-20-43(36(30)38-25-31)48(46,47)34-8-4-3-5-9-34/h3-13,16,20,23-26,28H,14-15,17-19,21-22H2,1-2H3/b7-6+. The molecule has 1 saturated heterocycles. The number of fused-ring (bicyclic) bond motifs is 1. The lowest BCUT2D eigenvalue weighted by Crippen LogP contribution is -2.39. The minimum Gasteiger partial charge on any atom is -0.339 e. The molecule has 10 nitrogen and oxygen atoms in total. The predicted molar refractivity (Wildman–Crippen MR) is 185 cm³/mol. The van der Waals surface area contributed by atoms with Crippen molar-refractivity contribution in [3.63, 3.8) is 0 Å². The monoisotopic (exact) mass is 662 g/mol. The van der Waals surface area contributed by atoms with E-state index in [1.807, 2.05) is 66.4 Å². The zero-order valence-electron chi connectivity index (χ0n) is 27.1. The fraction of sp³-hybridized carbons (Fsp3) is 0.270. The summed E-state index contributed by atoms with van der Waals surface area (Å²) in [5.74, 6) is 0.428. The smallest absolute Gasteiger partial charge is 0.269 e. The molecule has 246 valence electrons. The molecule has 1 aliphatic heterocycles. The molecule has 0 aliphatic carbocycles.